The Hall–Kier alpha value is -3.78. The van der Waals surface area contributed by atoms with Gasteiger partial charge in [0.15, 0.2) is 0 Å². The smallest absolute Gasteiger partial charge is 0.282 e. The van der Waals surface area contributed by atoms with Crippen LogP contribution in [0, 0.1) is 10.1 Å². The molecule has 2 aromatic heterocycles. The van der Waals surface area contributed by atoms with Gasteiger partial charge in [-0.15, -0.1) is 11.3 Å². The fraction of sp³-hybridized carbons (Fsp3) is 0.200. The van der Waals surface area contributed by atoms with Gasteiger partial charge in [0.1, 0.15) is 16.4 Å². The van der Waals surface area contributed by atoms with Gasteiger partial charge < -0.3 is 9.67 Å². The van der Waals surface area contributed by atoms with E-state index in [0.29, 0.717) is 28.9 Å². The first kappa shape index (κ1) is 19.9. The van der Waals surface area contributed by atoms with Crippen molar-refractivity contribution in [2.75, 3.05) is 0 Å². The molecule has 2 aromatic carbocycles. The molecule has 2 aliphatic rings. The van der Waals surface area contributed by atoms with Crippen LogP contribution in [0.1, 0.15) is 45.8 Å². The van der Waals surface area contributed by atoms with Crippen molar-refractivity contribution in [3.8, 4) is 0 Å². The first-order valence-electron chi connectivity index (χ1n) is 10.8. The van der Waals surface area contributed by atoms with Crippen molar-refractivity contribution in [2.45, 2.75) is 32.2 Å². The molecule has 8 heteroatoms. The summed E-state index contributed by atoms with van der Waals surface area (Å²) in [5, 5.41) is 23.4. The van der Waals surface area contributed by atoms with Crippen molar-refractivity contribution in [1.82, 2.24) is 9.55 Å². The van der Waals surface area contributed by atoms with Crippen LogP contribution in [0.15, 0.2) is 53.3 Å². The summed E-state index contributed by atoms with van der Waals surface area (Å²) in [4.78, 5) is 30.6. The van der Waals surface area contributed by atoms with E-state index < -0.39 is 4.92 Å². The van der Waals surface area contributed by atoms with E-state index >= 15 is 0 Å². The highest BCUT2D eigenvalue weighted by Gasteiger charge is 2.30. The van der Waals surface area contributed by atoms with Crippen LogP contribution in [-0.2, 0) is 19.4 Å². The molecule has 6 rings (SSSR count). The Morgan fingerprint density at radius 3 is 2.79 bits per heavy atom. The third kappa shape index (κ3) is 3.01. The van der Waals surface area contributed by atoms with Crippen LogP contribution in [0.4, 0.5) is 5.69 Å². The molecule has 1 aliphatic carbocycles. The minimum atomic E-state index is -0.493. The normalized spacial score (nSPS) is 16.1. The number of rotatable bonds is 2. The van der Waals surface area contributed by atoms with E-state index in [2.05, 4.69) is 4.98 Å². The molecule has 0 saturated heterocycles. The van der Waals surface area contributed by atoms with Crippen LogP contribution in [0.3, 0.4) is 0 Å². The van der Waals surface area contributed by atoms with E-state index in [-0.39, 0.29) is 17.0 Å². The van der Waals surface area contributed by atoms with Crippen LogP contribution in [0.25, 0.3) is 21.5 Å². The van der Waals surface area contributed by atoms with Gasteiger partial charge >= 0.3 is 0 Å². The first-order valence-corrected chi connectivity index (χ1v) is 11.7. The molecular formula is C25H19N3O4S. The van der Waals surface area contributed by atoms with Crippen molar-refractivity contribution >= 4 is 38.6 Å². The fourth-order valence-electron chi connectivity index (χ4n) is 4.95. The zero-order valence-corrected chi connectivity index (χ0v) is 18.4. The number of nitro groups is 1. The standard InChI is InChI=1S/C25H19N3O4S/c29-22(14-7-5-8-16(12-14)28(31)32)20-17-9-2-1-6-15(17)13-27-23(20)26-24(30)21-18-10-3-4-11-19(18)33-25(21)27/h1-2,5-9,12,29H,3-4,10-11,13H2/b22-20+. The topological polar surface area (TPSA) is 98.3 Å². The Balaban J connectivity index is 1.68. The highest BCUT2D eigenvalue weighted by atomic mass is 32.1. The second-order valence-corrected chi connectivity index (χ2v) is 9.49. The lowest BCUT2D eigenvalue weighted by molar-refractivity contribution is -0.384. The lowest BCUT2D eigenvalue weighted by Gasteiger charge is -2.25. The van der Waals surface area contributed by atoms with Gasteiger partial charge in [0.2, 0.25) is 0 Å². The number of thiophene rings is 1. The zero-order chi connectivity index (χ0) is 22.7. The Labute approximate surface area is 192 Å². The van der Waals surface area contributed by atoms with Gasteiger partial charge in [-0.1, -0.05) is 36.4 Å². The average molecular weight is 458 g/mol. The number of hydrogen-bond acceptors (Lipinski definition) is 6. The molecule has 0 radical (unpaired) electrons. The molecule has 1 aliphatic heterocycles. The average Bonchev–Trinajstić information content (AvgIpc) is 3.23. The molecule has 0 fully saturated rings. The SMILES string of the molecule is O=c1nc2n(c3sc4c(c13)CCCC4)Cc1ccccc1/C2=C(\O)c1cccc([N+](=O)[O-])c1. The van der Waals surface area contributed by atoms with Crippen LogP contribution in [0.2, 0.25) is 0 Å². The van der Waals surface area contributed by atoms with E-state index in [1.54, 1.807) is 17.4 Å². The first-order chi connectivity index (χ1) is 16.0. The summed E-state index contributed by atoms with van der Waals surface area (Å²) in [7, 11) is 0. The van der Waals surface area contributed by atoms with Gasteiger partial charge in [-0.3, -0.25) is 14.9 Å². The predicted octanol–water partition coefficient (Wildman–Crippen LogP) is 5.08. The maximum Gasteiger partial charge on any atom is 0.282 e. The van der Waals surface area contributed by atoms with Crippen LogP contribution in [-0.4, -0.2) is 19.6 Å². The maximum absolute atomic E-state index is 13.2. The van der Waals surface area contributed by atoms with Crippen LogP contribution < -0.4 is 5.56 Å². The summed E-state index contributed by atoms with van der Waals surface area (Å²) in [6.45, 7) is 0.542. The van der Waals surface area contributed by atoms with Crippen molar-refractivity contribution in [2.24, 2.45) is 0 Å². The minimum Gasteiger partial charge on any atom is -0.507 e. The number of aliphatic hydroxyl groups is 1. The number of fused-ring (bicyclic) bond motifs is 6. The molecule has 0 spiro atoms. The van der Waals surface area contributed by atoms with Crippen molar-refractivity contribution < 1.29 is 10.0 Å². The minimum absolute atomic E-state index is 0.115. The molecule has 0 unspecified atom stereocenters. The summed E-state index contributed by atoms with van der Waals surface area (Å²) in [5.41, 5.74) is 3.23. The predicted molar refractivity (Wildman–Crippen MR) is 128 cm³/mol. The van der Waals surface area contributed by atoms with Crippen LogP contribution in [0.5, 0.6) is 0 Å². The summed E-state index contributed by atoms with van der Waals surface area (Å²) in [5.74, 6) is 0.265. The second-order valence-electron chi connectivity index (χ2n) is 8.41. The Kier molecular flexibility index (Phi) is 4.45. The van der Waals surface area contributed by atoms with E-state index in [9.17, 15) is 20.0 Å². The lowest BCUT2D eigenvalue weighted by Crippen LogP contribution is -2.23. The largest absolute Gasteiger partial charge is 0.507 e. The number of hydrogen-bond donors (Lipinski definition) is 1. The molecule has 0 bridgehead atoms. The second kappa shape index (κ2) is 7.38. The summed E-state index contributed by atoms with van der Waals surface area (Å²) >= 11 is 1.65. The van der Waals surface area contributed by atoms with E-state index in [0.717, 1.165) is 47.2 Å². The van der Waals surface area contributed by atoms with Gasteiger partial charge in [-0.2, -0.15) is 4.98 Å². The molecule has 0 atom stereocenters. The van der Waals surface area contributed by atoms with Crippen molar-refractivity contribution in [3.05, 3.63) is 102 Å². The van der Waals surface area contributed by atoms with E-state index in [4.69, 9.17) is 0 Å². The third-order valence-corrected chi connectivity index (χ3v) is 7.80. The van der Waals surface area contributed by atoms with E-state index in [1.165, 1.54) is 23.1 Å². The quantitative estimate of drug-likeness (QED) is 0.226. The number of benzene rings is 2. The van der Waals surface area contributed by atoms with Crippen molar-refractivity contribution in [3.63, 3.8) is 0 Å². The molecular weight excluding hydrogens is 438 g/mol. The highest BCUT2D eigenvalue weighted by molar-refractivity contribution is 7.18. The Morgan fingerprint density at radius 1 is 1.12 bits per heavy atom. The number of non-ortho nitro benzene ring substituents is 1. The number of nitro benzene ring substituents is 1. The Bertz CT molecular complexity index is 1560. The fourth-order valence-corrected chi connectivity index (χ4v) is 6.33. The van der Waals surface area contributed by atoms with Crippen molar-refractivity contribution in [1.29, 1.82) is 0 Å². The molecule has 164 valence electrons. The number of aromatic nitrogens is 2. The van der Waals surface area contributed by atoms with E-state index in [1.807, 2.05) is 28.8 Å². The maximum atomic E-state index is 13.2. The Morgan fingerprint density at radius 2 is 1.94 bits per heavy atom. The van der Waals surface area contributed by atoms with Gasteiger partial charge in [0, 0.05) is 22.6 Å². The molecule has 0 amide bonds. The monoisotopic (exact) mass is 457 g/mol. The summed E-state index contributed by atoms with van der Waals surface area (Å²) in [6, 6.07) is 13.6. The van der Waals surface area contributed by atoms with Gasteiger partial charge in [-0.25, -0.2) is 0 Å². The lowest BCUT2D eigenvalue weighted by atomic mass is 9.92. The van der Waals surface area contributed by atoms with Gasteiger partial charge in [-0.05, 0) is 42.4 Å². The molecule has 7 nitrogen and oxygen atoms in total. The number of nitrogens with zero attached hydrogens (tertiary/aromatic N) is 3. The molecule has 1 N–H and O–H groups in total. The summed E-state index contributed by atoms with van der Waals surface area (Å²) in [6.07, 6.45) is 4.06. The van der Waals surface area contributed by atoms with Gasteiger partial charge in [0.25, 0.3) is 11.2 Å². The molecule has 4 aromatic rings. The zero-order valence-electron chi connectivity index (χ0n) is 17.6. The summed E-state index contributed by atoms with van der Waals surface area (Å²) < 4.78 is 2.02. The number of aryl methyl sites for hydroxylation is 2. The molecule has 33 heavy (non-hydrogen) atoms. The van der Waals surface area contributed by atoms with Gasteiger partial charge in [0.05, 0.1) is 22.4 Å². The third-order valence-electron chi connectivity index (χ3n) is 6.48. The molecule has 0 saturated carbocycles. The number of aliphatic hydroxyl groups excluding tert-OH is 1. The molecule has 3 heterocycles. The van der Waals surface area contributed by atoms with Crippen LogP contribution >= 0.6 is 11.3 Å². The highest BCUT2D eigenvalue weighted by Crippen LogP contribution is 2.41.